The number of rotatable bonds is 3. The number of carbonyl (C=O) groups is 1. The normalized spacial score (nSPS) is 18.2. The summed E-state index contributed by atoms with van der Waals surface area (Å²) in [5, 5.41) is 1.06. The Balaban J connectivity index is 2.04. The van der Waals surface area contributed by atoms with E-state index in [1.165, 1.54) is 11.8 Å². The molecule has 128 valence electrons. The predicted molar refractivity (Wildman–Crippen MR) is 93.4 cm³/mol. The van der Waals surface area contributed by atoms with Gasteiger partial charge in [-0.15, -0.1) is 0 Å². The third kappa shape index (κ3) is 4.88. The number of ether oxygens (including phenoxy) is 1. The van der Waals surface area contributed by atoms with Crippen LogP contribution in [0.3, 0.4) is 0 Å². The van der Waals surface area contributed by atoms with Crippen LogP contribution >= 0.6 is 23.4 Å². The van der Waals surface area contributed by atoms with E-state index >= 15 is 0 Å². The van der Waals surface area contributed by atoms with Crippen LogP contribution in [0.25, 0.3) is 0 Å². The lowest BCUT2D eigenvalue weighted by molar-refractivity contribution is 0.0292. The van der Waals surface area contributed by atoms with Crippen LogP contribution in [0, 0.1) is 0 Å². The van der Waals surface area contributed by atoms with Crippen LogP contribution in [0.15, 0.2) is 11.2 Å². The van der Waals surface area contributed by atoms with Crippen molar-refractivity contribution in [1.82, 2.24) is 14.9 Å². The van der Waals surface area contributed by atoms with Gasteiger partial charge in [0.2, 0.25) is 0 Å². The first-order valence-corrected chi connectivity index (χ1v) is 9.09. The van der Waals surface area contributed by atoms with Gasteiger partial charge >= 0.3 is 6.09 Å². The zero-order valence-electron chi connectivity index (χ0n) is 14.2. The van der Waals surface area contributed by atoms with E-state index in [9.17, 15) is 4.79 Å². The van der Waals surface area contributed by atoms with Gasteiger partial charge in [-0.25, -0.2) is 14.8 Å². The Kier molecular flexibility index (Phi) is 5.62. The largest absolute Gasteiger partial charge is 0.444 e. The maximum atomic E-state index is 12.2. The molecule has 1 amide bonds. The number of nitrogens with zero attached hydrogens (tertiary/aromatic N) is 4. The molecule has 1 fully saturated rings. The lowest BCUT2D eigenvalue weighted by Crippen LogP contribution is -2.39. The smallest absolute Gasteiger partial charge is 0.410 e. The first-order chi connectivity index (χ1) is 10.7. The van der Waals surface area contributed by atoms with E-state index in [1.54, 1.807) is 11.0 Å². The van der Waals surface area contributed by atoms with Crippen LogP contribution in [-0.2, 0) is 4.74 Å². The zero-order valence-corrected chi connectivity index (χ0v) is 15.7. The number of hydrogen-bond acceptors (Lipinski definition) is 6. The summed E-state index contributed by atoms with van der Waals surface area (Å²) < 4.78 is 5.43. The number of amides is 1. The summed E-state index contributed by atoms with van der Waals surface area (Å²) in [6, 6.07) is 1.93. The van der Waals surface area contributed by atoms with Gasteiger partial charge in [-0.2, -0.15) is 0 Å². The number of likely N-dealkylation sites (N-methyl/N-ethyl adjacent to an activating group) is 1. The minimum absolute atomic E-state index is 0.184. The average Bonchev–Trinajstić information content (AvgIpc) is 2.93. The lowest BCUT2D eigenvalue weighted by atomic mass is 10.2. The Labute approximate surface area is 146 Å². The summed E-state index contributed by atoms with van der Waals surface area (Å²) in [6.45, 7) is 6.91. The van der Waals surface area contributed by atoms with Crippen molar-refractivity contribution in [2.24, 2.45) is 0 Å². The molecule has 1 saturated heterocycles. The highest BCUT2D eigenvalue weighted by atomic mass is 35.5. The lowest BCUT2D eigenvalue weighted by Gasteiger charge is -2.27. The number of likely N-dealkylation sites (tertiary alicyclic amines) is 1. The second-order valence-electron chi connectivity index (χ2n) is 6.52. The third-order valence-electron chi connectivity index (χ3n) is 3.57. The SMILES string of the molecule is CSc1nc(Cl)cc(N(C)[C@H]2CCN(C(=O)OC(C)(C)C)C2)n1. The molecular formula is C15H23ClN4O2S. The molecule has 1 atom stereocenters. The Bertz CT molecular complexity index is 579. The van der Waals surface area contributed by atoms with Crippen molar-refractivity contribution in [1.29, 1.82) is 0 Å². The summed E-state index contributed by atoms with van der Waals surface area (Å²) in [5.41, 5.74) is -0.478. The summed E-state index contributed by atoms with van der Waals surface area (Å²) in [6.07, 6.45) is 2.51. The van der Waals surface area contributed by atoms with Gasteiger partial charge in [0.1, 0.15) is 16.6 Å². The number of carbonyl (C=O) groups excluding carboxylic acids is 1. The molecule has 0 bridgehead atoms. The van der Waals surface area contributed by atoms with Crippen molar-refractivity contribution in [3.63, 3.8) is 0 Å². The minimum Gasteiger partial charge on any atom is -0.444 e. The van der Waals surface area contributed by atoms with Gasteiger partial charge in [0.15, 0.2) is 5.16 Å². The number of aromatic nitrogens is 2. The van der Waals surface area contributed by atoms with E-state index in [-0.39, 0.29) is 12.1 Å². The van der Waals surface area contributed by atoms with E-state index in [0.29, 0.717) is 23.4 Å². The van der Waals surface area contributed by atoms with Crippen molar-refractivity contribution in [2.45, 2.75) is 44.0 Å². The van der Waals surface area contributed by atoms with Crippen LogP contribution in [0.4, 0.5) is 10.6 Å². The van der Waals surface area contributed by atoms with Crippen molar-refractivity contribution in [3.05, 3.63) is 11.2 Å². The van der Waals surface area contributed by atoms with Gasteiger partial charge in [-0.3, -0.25) is 0 Å². The molecule has 0 unspecified atom stereocenters. The van der Waals surface area contributed by atoms with E-state index < -0.39 is 5.60 Å². The maximum absolute atomic E-state index is 12.2. The summed E-state index contributed by atoms with van der Waals surface area (Å²) in [7, 11) is 1.96. The molecule has 1 aromatic rings. The van der Waals surface area contributed by atoms with Gasteiger partial charge in [0.05, 0.1) is 0 Å². The summed E-state index contributed by atoms with van der Waals surface area (Å²) in [5.74, 6) is 0.769. The Morgan fingerprint density at radius 2 is 2.17 bits per heavy atom. The molecule has 8 heteroatoms. The summed E-state index contributed by atoms with van der Waals surface area (Å²) in [4.78, 5) is 24.6. The number of halogens is 1. The highest BCUT2D eigenvalue weighted by Crippen LogP contribution is 2.25. The maximum Gasteiger partial charge on any atom is 0.410 e. The van der Waals surface area contributed by atoms with Gasteiger partial charge in [-0.05, 0) is 33.4 Å². The fourth-order valence-corrected chi connectivity index (χ4v) is 3.00. The molecule has 2 rings (SSSR count). The quantitative estimate of drug-likeness (QED) is 0.469. The molecule has 6 nitrogen and oxygen atoms in total. The Morgan fingerprint density at radius 1 is 1.48 bits per heavy atom. The van der Waals surface area contributed by atoms with Crippen LogP contribution in [0.5, 0.6) is 0 Å². The van der Waals surface area contributed by atoms with Crippen LogP contribution < -0.4 is 4.90 Å². The van der Waals surface area contributed by atoms with E-state index in [4.69, 9.17) is 16.3 Å². The molecule has 1 aromatic heterocycles. The summed E-state index contributed by atoms with van der Waals surface area (Å²) >= 11 is 7.51. The molecule has 1 aliphatic heterocycles. The second kappa shape index (κ2) is 7.13. The van der Waals surface area contributed by atoms with Gasteiger partial charge in [0, 0.05) is 32.2 Å². The van der Waals surface area contributed by atoms with E-state index in [2.05, 4.69) is 14.9 Å². The van der Waals surface area contributed by atoms with E-state index in [0.717, 1.165) is 12.2 Å². The first kappa shape index (κ1) is 18.1. The topological polar surface area (TPSA) is 58.6 Å². The van der Waals surface area contributed by atoms with Crippen LogP contribution in [0.2, 0.25) is 5.15 Å². The number of hydrogen-bond donors (Lipinski definition) is 0. The Hall–Kier alpha value is -1.21. The molecule has 1 aliphatic rings. The second-order valence-corrected chi connectivity index (χ2v) is 7.68. The number of anilines is 1. The van der Waals surface area contributed by atoms with Crippen LogP contribution in [0.1, 0.15) is 27.2 Å². The molecule has 23 heavy (non-hydrogen) atoms. The first-order valence-electron chi connectivity index (χ1n) is 7.49. The van der Waals surface area contributed by atoms with E-state index in [1.807, 2.05) is 34.1 Å². The zero-order chi connectivity index (χ0) is 17.2. The highest BCUT2D eigenvalue weighted by Gasteiger charge is 2.32. The molecule has 0 saturated carbocycles. The minimum atomic E-state index is -0.478. The van der Waals surface area contributed by atoms with Crippen molar-refractivity contribution in [3.8, 4) is 0 Å². The predicted octanol–water partition coefficient (Wildman–Crippen LogP) is 3.30. The van der Waals surface area contributed by atoms with Crippen LogP contribution in [-0.4, -0.2) is 59.0 Å². The van der Waals surface area contributed by atoms with Gasteiger partial charge in [-0.1, -0.05) is 23.4 Å². The monoisotopic (exact) mass is 358 g/mol. The number of thioether (sulfide) groups is 1. The molecular weight excluding hydrogens is 336 g/mol. The molecule has 0 N–H and O–H groups in total. The van der Waals surface area contributed by atoms with Crippen molar-refractivity contribution < 1.29 is 9.53 Å². The fourth-order valence-electron chi connectivity index (χ4n) is 2.39. The van der Waals surface area contributed by atoms with Gasteiger partial charge < -0.3 is 14.5 Å². The average molecular weight is 359 g/mol. The van der Waals surface area contributed by atoms with Gasteiger partial charge in [0.25, 0.3) is 0 Å². The van der Waals surface area contributed by atoms with Crippen molar-refractivity contribution in [2.75, 3.05) is 31.3 Å². The molecule has 0 aliphatic carbocycles. The highest BCUT2D eigenvalue weighted by molar-refractivity contribution is 7.98. The van der Waals surface area contributed by atoms with Crippen molar-refractivity contribution >= 4 is 35.3 Å². The Morgan fingerprint density at radius 3 is 2.78 bits per heavy atom. The molecule has 2 heterocycles. The fraction of sp³-hybridized carbons (Fsp3) is 0.667. The standard InChI is InChI=1S/C15H23ClN4O2S/c1-15(2,3)22-14(21)20-7-6-10(9-20)19(4)12-8-11(16)17-13(18-12)23-5/h8,10H,6-7,9H2,1-5H3/t10-/m0/s1. The molecule has 0 aromatic carbocycles. The molecule has 0 spiro atoms. The third-order valence-corrected chi connectivity index (χ3v) is 4.31. The molecule has 0 radical (unpaired) electrons.